The summed E-state index contributed by atoms with van der Waals surface area (Å²) in [6.45, 7) is 2.11. The van der Waals surface area contributed by atoms with Crippen LogP contribution in [0.1, 0.15) is 45.4 Å². The molecule has 110 valence electrons. The fraction of sp³-hybridized carbons (Fsp3) is 0.923. The molecule has 0 bridgehead atoms. The van der Waals surface area contributed by atoms with Gasteiger partial charge in [0, 0.05) is 6.04 Å². The molecular weight excluding hydrogens is 264 g/mol. The standard InChI is InChI=1S/C13H24N2O3S/c1-10-4-2-6-13(14,8-10)12(16)15-11-5-3-7-19(17,18)9-11/h10-11H,2-9,14H2,1H3,(H,15,16). The Morgan fingerprint density at radius 2 is 2.05 bits per heavy atom. The van der Waals surface area contributed by atoms with Gasteiger partial charge < -0.3 is 11.1 Å². The number of hydrogen-bond donors (Lipinski definition) is 2. The Morgan fingerprint density at radius 3 is 2.68 bits per heavy atom. The highest BCUT2D eigenvalue weighted by Gasteiger charge is 2.39. The first kappa shape index (κ1) is 14.8. The quantitative estimate of drug-likeness (QED) is 0.778. The van der Waals surface area contributed by atoms with Crippen LogP contribution in [-0.2, 0) is 14.6 Å². The van der Waals surface area contributed by atoms with Crippen molar-refractivity contribution in [2.75, 3.05) is 11.5 Å². The van der Waals surface area contributed by atoms with Crippen molar-refractivity contribution >= 4 is 15.7 Å². The zero-order valence-corrected chi connectivity index (χ0v) is 12.3. The van der Waals surface area contributed by atoms with Gasteiger partial charge in [0.15, 0.2) is 9.84 Å². The number of carbonyl (C=O) groups is 1. The monoisotopic (exact) mass is 288 g/mol. The van der Waals surface area contributed by atoms with E-state index in [0.29, 0.717) is 25.2 Å². The van der Waals surface area contributed by atoms with E-state index in [0.717, 1.165) is 19.3 Å². The molecule has 3 N–H and O–H groups in total. The lowest BCUT2D eigenvalue weighted by molar-refractivity contribution is -0.128. The van der Waals surface area contributed by atoms with E-state index in [1.807, 2.05) is 0 Å². The molecule has 1 aliphatic heterocycles. The first-order valence-electron chi connectivity index (χ1n) is 7.11. The van der Waals surface area contributed by atoms with Gasteiger partial charge in [-0.15, -0.1) is 0 Å². The van der Waals surface area contributed by atoms with Gasteiger partial charge in [-0.1, -0.05) is 19.8 Å². The number of nitrogens with one attached hydrogen (secondary N) is 1. The van der Waals surface area contributed by atoms with Crippen molar-refractivity contribution in [2.45, 2.75) is 57.0 Å². The average molecular weight is 288 g/mol. The molecule has 0 spiro atoms. The number of hydrogen-bond acceptors (Lipinski definition) is 4. The van der Waals surface area contributed by atoms with E-state index in [1.54, 1.807) is 0 Å². The molecule has 1 heterocycles. The van der Waals surface area contributed by atoms with Crippen LogP contribution in [0.15, 0.2) is 0 Å². The van der Waals surface area contributed by atoms with E-state index in [2.05, 4.69) is 12.2 Å². The van der Waals surface area contributed by atoms with Gasteiger partial charge >= 0.3 is 0 Å². The Balaban J connectivity index is 1.96. The summed E-state index contributed by atoms with van der Waals surface area (Å²) in [5.74, 6) is 0.592. The molecule has 0 aromatic rings. The van der Waals surface area contributed by atoms with Crippen molar-refractivity contribution in [3.63, 3.8) is 0 Å². The molecule has 0 aromatic carbocycles. The lowest BCUT2D eigenvalue weighted by atomic mass is 9.76. The highest BCUT2D eigenvalue weighted by atomic mass is 32.2. The maximum absolute atomic E-state index is 12.3. The van der Waals surface area contributed by atoms with Gasteiger partial charge in [-0.2, -0.15) is 0 Å². The molecule has 3 unspecified atom stereocenters. The zero-order valence-electron chi connectivity index (χ0n) is 11.5. The van der Waals surface area contributed by atoms with Crippen LogP contribution < -0.4 is 11.1 Å². The molecule has 6 heteroatoms. The molecule has 5 nitrogen and oxygen atoms in total. The topological polar surface area (TPSA) is 89.3 Å². The summed E-state index contributed by atoms with van der Waals surface area (Å²) in [4.78, 5) is 12.3. The third-order valence-corrected chi connectivity index (χ3v) is 6.10. The van der Waals surface area contributed by atoms with Crippen molar-refractivity contribution < 1.29 is 13.2 Å². The predicted molar refractivity (Wildman–Crippen MR) is 74.4 cm³/mol. The third kappa shape index (κ3) is 3.69. The minimum Gasteiger partial charge on any atom is -0.351 e. The van der Waals surface area contributed by atoms with Gasteiger partial charge in [0.2, 0.25) is 5.91 Å². The molecule has 1 amide bonds. The highest BCUT2D eigenvalue weighted by Crippen LogP contribution is 2.30. The summed E-state index contributed by atoms with van der Waals surface area (Å²) in [6.07, 6.45) is 4.83. The van der Waals surface area contributed by atoms with Gasteiger partial charge in [-0.25, -0.2) is 8.42 Å². The van der Waals surface area contributed by atoms with E-state index < -0.39 is 15.4 Å². The summed E-state index contributed by atoms with van der Waals surface area (Å²) in [5, 5.41) is 2.86. The Morgan fingerprint density at radius 1 is 1.32 bits per heavy atom. The first-order chi connectivity index (χ1) is 8.81. The Labute approximate surface area is 115 Å². The minimum absolute atomic E-state index is 0.0599. The lowest BCUT2D eigenvalue weighted by Crippen LogP contribution is -2.59. The number of amides is 1. The summed E-state index contributed by atoms with van der Waals surface area (Å²) in [6, 6.07) is -0.260. The fourth-order valence-electron chi connectivity index (χ4n) is 3.26. The van der Waals surface area contributed by atoms with Gasteiger partial charge in [0.1, 0.15) is 0 Å². The van der Waals surface area contributed by atoms with Crippen molar-refractivity contribution in [2.24, 2.45) is 11.7 Å². The smallest absolute Gasteiger partial charge is 0.240 e. The SMILES string of the molecule is CC1CCCC(N)(C(=O)NC2CCCS(=O)(=O)C2)C1. The van der Waals surface area contributed by atoms with Crippen molar-refractivity contribution in [1.29, 1.82) is 0 Å². The van der Waals surface area contributed by atoms with E-state index >= 15 is 0 Å². The van der Waals surface area contributed by atoms with Crippen LogP contribution >= 0.6 is 0 Å². The molecular formula is C13H24N2O3S. The summed E-state index contributed by atoms with van der Waals surface area (Å²) in [7, 11) is -2.99. The summed E-state index contributed by atoms with van der Waals surface area (Å²) in [5.41, 5.74) is 5.41. The van der Waals surface area contributed by atoms with Crippen molar-refractivity contribution in [3.05, 3.63) is 0 Å². The van der Waals surface area contributed by atoms with Crippen LogP contribution in [0.3, 0.4) is 0 Å². The number of rotatable bonds is 2. The summed E-state index contributed by atoms with van der Waals surface area (Å²) < 4.78 is 23.1. The van der Waals surface area contributed by atoms with E-state index in [-0.39, 0.29) is 23.5 Å². The second-order valence-electron chi connectivity index (χ2n) is 6.28. The van der Waals surface area contributed by atoms with Gasteiger partial charge in [-0.05, 0) is 31.6 Å². The first-order valence-corrected chi connectivity index (χ1v) is 8.93. The molecule has 0 radical (unpaired) electrons. The van der Waals surface area contributed by atoms with Crippen LogP contribution in [0.25, 0.3) is 0 Å². The van der Waals surface area contributed by atoms with Crippen LogP contribution in [0.2, 0.25) is 0 Å². The molecule has 0 aromatic heterocycles. The average Bonchev–Trinajstić information content (AvgIpc) is 2.27. The van der Waals surface area contributed by atoms with E-state index in [9.17, 15) is 13.2 Å². The van der Waals surface area contributed by atoms with Crippen LogP contribution in [0.4, 0.5) is 0 Å². The van der Waals surface area contributed by atoms with Gasteiger partial charge in [0.25, 0.3) is 0 Å². The normalized spacial score (nSPS) is 38.6. The van der Waals surface area contributed by atoms with E-state index in [1.165, 1.54) is 0 Å². The van der Waals surface area contributed by atoms with Gasteiger partial charge in [0.05, 0.1) is 17.0 Å². The van der Waals surface area contributed by atoms with Crippen LogP contribution in [0.5, 0.6) is 0 Å². The number of carbonyl (C=O) groups excluding carboxylic acids is 1. The zero-order chi connectivity index (χ0) is 14.1. The molecule has 19 heavy (non-hydrogen) atoms. The number of nitrogens with two attached hydrogens (primary N) is 1. The summed E-state index contributed by atoms with van der Waals surface area (Å²) >= 11 is 0. The second kappa shape index (κ2) is 5.40. The number of sulfone groups is 1. The predicted octanol–water partition coefficient (Wildman–Crippen LogP) is 0.587. The minimum atomic E-state index is -2.99. The maximum atomic E-state index is 12.3. The molecule has 1 saturated carbocycles. The Kier molecular flexibility index (Phi) is 4.20. The lowest BCUT2D eigenvalue weighted by Gasteiger charge is -2.37. The third-order valence-electron chi connectivity index (χ3n) is 4.28. The molecule has 2 rings (SSSR count). The van der Waals surface area contributed by atoms with Gasteiger partial charge in [-0.3, -0.25) is 4.79 Å². The molecule has 3 atom stereocenters. The Hall–Kier alpha value is -0.620. The van der Waals surface area contributed by atoms with Crippen molar-refractivity contribution in [3.8, 4) is 0 Å². The fourth-order valence-corrected chi connectivity index (χ4v) is 4.90. The van der Waals surface area contributed by atoms with Crippen molar-refractivity contribution in [1.82, 2.24) is 5.32 Å². The van der Waals surface area contributed by atoms with Crippen LogP contribution in [0, 0.1) is 5.92 Å². The van der Waals surface area contributed by atoms with E-state index in [4.69, 9.17) is 5.73 Å². The maximum Gasteiger partial charge on any atom is 0.240 e. The largest absolute Gasteiger partial charge is 0.351 e. The Bertz CT molecular complexity index is 449. The molecule has 2 aliphatic rings. The molecule has 2 fully saturated rings. The molecule has 1 saturated heterocycles. The van der Waals surface area contributed by atoms with Crippen LogP contribution in [-0.4, -0.2) is 37.4 Å². The second-order valence-corrected chi connectivity index (χ2v) is 8.51. The molecule has 1 aliphatic carbocycles. The highest BCUT2D eigenvalue weighted by molar-refractivity contribution is 7.91.